The van der Waals surface area contributed by atoms with E-state index in [2.05, 4.69) is 15.2 Å². The van der Waals surface area contributed by atoms with Crippen molar-refractivity contribution in [3.8, 4) is 0 Å². The number of carbonyl (C=O) groups excluding carboxylic acids is 1. The predicted octanol–water partition coefficient (Wildman–Crippen LogP) is 1.35. The van der Waals surface area contributed by atoms with E-state index >= 15 is 0 Å². The molecule has 1 aliphatic heterocycles. The molecule has 21 heavy (non-hydrogen) atoms. The van der Waals surface area contributed by atoms with Gasteiger partial charge in [0.25, 0.3) is 5.91 Å². The third-order valence-electron chi connectivity index (χ3n) is 4.08. The van der Waals surface area contributed by atoms with Crippen LogP contribution in [0.15, 0.2) is 17.1 Å². The van der Waals surface area contributed by atoms with Crippen LogP contribution in [0.1, 0.15) is 41.3 Å². The highest BCUT2D eigenvalue weighted by Crippen LogP contribution is 2.24. The minimum atomic E-state index is -0.0505. The van der Waals surface area contributed by atoms with Gasteiger partial charge >= 0.3 is 0 Å². The first-order valence-electron chi connectivity index (χ1n) is 7.20. The molecule has 7 nitrogen and oxygen atoms in total. The molecule has 2 aromatic heterocycles. The van der Waals surface area contributed by atoms with Crippen molar-refractivity contribution in [3.05, 3.63) is 30.0 Å². The molecule has 7 heteroatoms. The first-order chi connectivity index (χ1) is 10.2. The van der Waals surface area contributed by atoms with Gasteiger partial charge in [0.1, 0.15) is 12.2 Å². The molecule has 2 aromatic rings. The molecule has 1 saturated heterocycles. The molecule has 3 rings (SSSR count). The lowest BCUT2D eigenvalue weighted by atomic mass is 10.1. The van der Waals surface area contributed by atoms with E-state index in [0.717, 1.165) is 38.1 Å². The summed E-state index contributed by atoms with van der Waals surface area (Å²) in [7, 11) is 1.94. The predicted molar refractivity (Wildman–Crippen MR) is 74.6 cm³/mol. The van der Waals surface area contributed by atoms with Crippen LogP contribution < -0.4 is 0 Å². The van der Waals surface area contributed by atoms with E-state index in [-0.39, 0.29) is 11.9 Å². The summed E-state index contributed by atoms with van der Waals surface area (Å²) >= 11 is 0. The molecule has 1 unspecified atom stereocenters. The molecule has 1 fully saturated rings. The lowest BCUT2D eigenvalue weighted by Crippen LogP contribution is -2.36. The van der Waals surface area contributed by atoms with Crippen LogP contribution in [0.2, 0.25) is 0 Å². The minimum Gasteiger partial charge on any atom is -0.438 e. The Bertz CT molecular complexity index is 633. The van der Waals surface area contributed by atoms with Crippen LogP contribution in [0.5, 0.6) is 0 Å². The van der Waals surface area contributed by atoms with E-state index in [0.29, 0.717) is 11.5 Å². The van der Waals surface area contributed by atoms with E-state index in [1.165, 1.54) is 6.39 Å². The van der Waals surface area contributed by atoms with Gasteiger partial charge in [0.2, 0.25) is 5.76 Å². The van der Waals surface area contributed by atoms with Gasteiger partial charge in [-0.1, -0.05) is 0 Å². The average Bonchev–Trinajstić information content (AvgIpc) is 3.17. The van der Waals surface area contributed by atoms with E-state index in [4.69, 9.17) is 4.42 Å². The first kappa shape index (κ1) is 13.8. The Kier molecular flexibility index (Phi) is 3.72. The fraction of sp³-hybridized carbons (Fsp3) is 0.571. The maximum absolute atomic E-state index is 12.5. The molecule has 1 amide bonds. The summed E-state index contributed by atoms with van der Waals surface area (Å²) in [5.74, 6) is 1.26. The average molecular weight is 289 g/mol. The van der Waals surface area contributed by atoms with Crippen LogP contribution in [0, 0.1) is 6.92 Å². The zero-order valence-electron chi connectivity index (χ0n) is 12.3. The second kappa shape index (κ2) is 5.67. The van der Waals surface area contributed by atoms with Gasteiger partial charge in [-0.2, -0.15) is 0 Å². The Morgan fingerprint density at radius 3 is 3.05 bits per heavy atom. The van der Waals surface area contributed by atoms with E-state index < -0.39 is 0 Å². The summed E-state index contributed by atoms with van der Waals surface area (Å²) in [4.78, 5) is 18.4. The minimum absolute atomic E-state index is 0.0505. The largest absolute Gasteiger partial charge is 0.438 e. The van der Waals surface area contributed by atoms with E-state index in [9.17, 15) is 4.79 Å². The number of aromatic nitrogens is 4. The van der Waals surface area contributed by atoms with Crippen LogP contribution in [0.25, 0.3) is 0 Å². The zero-order valence-corrected chi connectivity index (χ0v) is 12.3. The van der Waals surface area contributed by atoms with Gasteiger partial charge in [0, 0.05) is 26.1 Å². The topological polar surface area (TPSA) is 77.1 Å². The van der Waals surface area contributed by atoms with Crippen molar-refractivity contribution in [2.75, 3.05) is 6.54 Å². The molecule has 0 saturated carbocycles. The van der Waals surface area contributed by atoms with Gasteiger partial charge in [-0.25, -0.2) is 4.98 Å². The summed E-state index contributed by atoms with van der Waals surface area (Å²) in [6, 6.07) is 0.235. The fourth-order valence-corrected chi connectivity index (χ4v) is 2.87. The molecule has 0 N–H and O–H groups in total. The molecule has 0 radical (unpaired) electrons. The van der Waals surface area contributed by atoms with Crippen LogP contribution in [0.4, 0.5) is 0 Å². The molecular formula is C14H19N5O2. The van der Waals surface area contributed by atoms with Gasteiger partial charge in [-0.15, -0.1) is 10.2 Å². The monoisotopic (exact) mass is 289 g/mol. The van der Waals surface area contributed by atoms with Gasteiger partial charge in [-0.05, 0) is 26.2 Å². The third kappa shape index (κ3) is 2.68. The lowest BCUT2D eigenvalue weighted by molar-refractivity contribution is 0.0697. The number of oxazole rings is 1. The molecule has 1 aliphatic rings. The third-order valence-corrected chi connectivity index (χ3v) is 4.08. The number of carbonyl (C=O) groups is 1. The van der Waals surface area contributed by atoms with Gasteiger partial charge in [0.05, 0.1) is 5.69 Å². The molecule has 0 spiro atoms. The number of likely N-dealkylation sites (tertiary alicyclic amines) is 1. The number of amides is 1. The maximum Gasteiger partial charge on any atom is 0.291 e. The van der Waals surface area contributed by atoms with Crippen molar-refractivity contribution in [2.45, 2.75) is 38.6 Å². The molecule has 3 heterocycles. The van der Waals surface area contributed by atoms with E-state index in [1.54, 1.807) is 13.3 Å². The summed E-state index contributed by atoms with van der Waals surface area (Å²) in [5.41, 5.74) is 0.652. The van der Waals surface area contributed by atoms with Crippen LogP contribution in [-0.2, 0) is 13.5 Å². The fourth-order valence-electron chi connectivity index (χ4n) is 2.87. The quantitative estimate of drug-likeness (QED) is 0.849. The highest BCUT2D eigenvalue weighted by atomic mass is 16.3. The highest BCUT2D eigenvalue weighted by Gasteiger charge is 2.31. The summed E-state index contributed by atoms with van der Waals surface area (Å²) < 4.78 is 7.15. The summed E-state index contributed by atoms with van der Waals surface area (Å²) in [6.07, 6.45) is 6.79. The Morgan fingerprint density at radius 1 is 1.52 bits per heavy atom. The van der Waals surface area contributed by atoms with Crippen LogP contribution >= 0.6 is 0 Å². The van der Waals surface area contributed by atoms with Gasteiger partial charge < -0.3 is 13.9 Å². The first-order valence-corrected chi connectivity index (χ1v) is 7.20. The zero-order chi connectivity index (χ0) is 14.8. The Labute approximate surface area is 123 Å². The van der Waals surface area contributed by atoms with Crippen molar-refractivity contribution in [1.82, 2.24) is 24.6 Å². The molecule has 0 aliphatic carbocycles. The Balaban J connectivity index is 1.67. The maximum atomic E-state index is 12.5. The van der Waals surface area contributed by atoms with Crippen molar-refractivity contribution < 1.29 is 9.21 Å². The molecule has 112 valence electrons. The van der Waals surface area contributed by atoms with Crippen molar-refractivity contribution in [3.63, 3.8) is 0 Å². The molecule has 1 atom stereocenters. The van der Waals surface area contributed by atoms with Crippen LogP contribution in [0.3, 0.4) is 0 Å². The number of nitrogens with zero attached hydrogens (tertiary/aromatic N) is 5. The Hall–Kier alpha value is -2.18. The van der Waals surface area contributed by atoms with Crippen molar-refractivity contribution in [2.24, 2.45) is 7.05 Å². The second-order valence-corrected chi connectivity index (χ2v) is 5.46. The Morgan fingerprint density at radius 2 is 2.38 bits per heavy atom. The normalized spacial score (nSPS) is 18.4. The number of hydrogen-bond donors (Lipinski definition) is 0. The van der Waals surface area contributed by atoms with Crippen molar-refractivity contribution >= 4 is 5.91 Å². The SMILES string of the molecule is Cc1ncoc1C(=O)N1CCCC1CCc1nncn1C. The van der Waals surface area contributed by atoms with Gasteiger partial charge in [0.15, 0.2) is 6.39 Å². The number of aryl methyl sites for hydroxylation is 3. The van der Waals surface area contributed by atoms with Crippen LogP contribution in [-0.4, -0.2) is 43.1 Å². The lowest BCUT2D eigenvalue weighted by Gasteiger charge is -2.23. The highest BCUT2D eigenvalue weighted by molar-refractivity contribution is 5.92. The van der Waals surface area contributed by atoms with Crippen molar-refractivity contribution in [1.29, 1.82) is 0 Å². The molecule has 0 aromatic carbocycles. The second-order valence-electron chi connectivity index (χ2n) is 5.46. The number of rotatable bonds is 4. The summed E-state index contributed by atoms with van der Waals surface area (Å²) in [6.45, 7) is 2.57. The number of hydrogen-bond acceptors (Lipinski definition) is 5. The summed E-state index contributed by atoms with van der Waals surface area (Å²) in [5, 5.41) is 7.97. The molecule has 0 bridgehead atoms. The molecular weight excluding hydrogens is 270 g/mol. The van der Waals surface area contributed by atoms with Gasteiger partial charge in [-0.3, -0.25) is 4.79 Å². The smallest absolute Gasteiger partial charge is 0.291 e. The van der Waals surface area contributed by atoms with E-state index in [1.807, 2.05) is 16.5 Å². The standard InChI is InChI=1S/C14H19N5O2/c1-10-13(21-9-15-10)14(20)19-7-3-4-11(19)5-6-12-17-16-8-18(12)2/h8-9,11H,3-7H2,1-2H3.